The Bertz CT molecular complexity index is 722. The number of urea groups is 1. The zero-order chi connectivity index (χ0) is 17.8. The average molecular weight is 347 g/mol. The van der Waals surface area contributed by atoms with Crippen LogP contribution in [0.25, 0.3) is 0 Å². The van der Waals surface area contributed by atoms with Crippen LogP contribution < -0.4 is 10.6 Å². The first-order chi connectivity index (χ1) is 12.0. The molecule has 0 aromatic carbocycles. The minimum Gasteiger partial charge on any atom is -0.339 e. The molecule has 0 bridgehead atoms. The molecule has 2 N–H and O–H groups in total. The summed E-state index contributed by atoms with van der Waals surface area (Å²) < 4.78 is 7.07. The number of amides is 2. The molecule has 0 spiro atoms. The number of nitrogens with one attached hydrogen (secondary N) is 2. The van der Waals surface area contributed by atoms with Crippen molar-refractivity contribution in [3.05, 3.63) is 23.4 Å². The Hall–Kier alpha value is -2.45. The summed E-state index contributed by atoms with van der Waals surface area (Å²) >= 11 is 0. The number of fused-ring (bicyclic) bond motifs is 1. The maximum absolute atomic E-state index is 12.1. The van der Waals surface area contributed by atoms with E-state index in [1.54, 1.807) is 0 Å². The fourth-order valence-corrected chi connectivity index (χ4v) is 2.86. The second-order valence-corrected chi connectivity index (χ2v) is 6.64. The zero-order valence-electron chi connectivity index (χ0n) is 14.9. The number of aryl methyl sites for hydroxylation is 3. The molecule has 2 amide bonds. The van der Waals surface area contributed by atoms with Crippen molar-refractivity contribution >= 4 is 6.03 Å². The number of hydrogen-bond acceptors (Lipinski definition) is 6. The van der Waals surface area contributed by atoms with E-state index in [1.807, 2.05) is 25.5 Å². The van der Waals surface area contributed by atoms with E-state index >= 15 is 0 Å². The third-order valence-corrected chi connectivity index (χ3v) is 4.14. The van der Waals surface area contributed by atoms with Gasteiger partial charge >= 0.3 is 6.03 Å². The Morgan fingerprint density at radius 1 is 1.40 bits per heavy atom. The first-order valence-electron chi connectivity index (χ1n) is 8.81. The van der Waals surface area contributed by atoms with E-state index in [0.29, 0.717) is 18.9 Å². The molecule has 0 aliphatic carbocycles. The largest absolute Gasteiger partial charge is 0.339 e. The van der Waals surface area contributed by atoms with Crippen LogP contribution in [0.5, 0.6) is 0 Å². The van der Waals surface area contributed by atoms with E-state index in [-0.39, 0.29) is 18.0 Å². The molecule has 9 heteroatoms. The van der Waals surface area contributed by atoms with E-state index in [0.717, 1.165) is 43.3 Å². The van der Waals surface area contributed by atoms with E-state index in [1.165, 1.54) is 0 Å². The number of nitrogens with zero attached hydrogens (tertiary/aromatic N) is 5. The van der Waals surface area contributed by atoms with Gasteiger partial charge in [0.05, 0.1) is 6.04 Å². The van der Waals surface area contributed by atoms with Gasteiger partial charge in [0.2, 0.25) is 5.89 Å². The molecule has 136 valence electrons. The average Bonchev–Trinajstić information content (AvgIpc) is 3.18. The first kappa shape index (κ1) is 17.4. The molecular formula is C16H25N7O2. The van der Waals surface area contributed by atoms with Crippen LogP contribution in [0.2, 0.25) is 0 Å². The zero-order valence-corrected chi connectivity index (χ0v) is 14.9. The second kappa shape index (κ2) is 7.62. The molecule has 0 saturated carbocycles. The highest BCUT2D eigenvalue weighted by molar-refractivity contribution is 5.74. The van der Waals surface area contributed by atoms with E-state index in [9.17, 15) is 4.79 Å². The van der Waals surface area contributed by atoms with Crippen LogP contribution in [0.1, 0.15) is 68.4 Å². The maximum atomic E-state index is 12.1. The quantitative estimate of drug-likeness (QED) is 0.772. The fourth-order valence-electron chi connectivity index (χ4n) is 2.86. The van der Waals surface area contributed by atoms with Gasteiger partial charge in [0.15, 0.2) is 5.82 Å². The molecule has 3 heterocycles. The van der Waals surface area contributed by atoms with Crippen molar-refractivity contribution in [1.29, 1.82) is 0 Å². The van der Waals surface area contributed by atoms with Gasteiger partial charge in [-0.1, -0.05) is 19.0 Å². The molecule has 1 aliphatic rings. The Labute approximate surface area is 146 Å². The smallest absolute Gasteiger partial charge is 0.315 e. The number of rotatable bonds is 6. The van der Waals surface area contributed by atoms with Crippen molar-refractivity contribution in [1.82, 2.24) is 35.5 Å². The summed E-state index contributed by atoms with van der Waals surface area (Å²) in [6, 6.07) is -0.271. The predicted octanol–water partition coefficient (Wildman–Crippen LogP) is 1.86. The van der Waals surface area contributed by atoms with Gasteiger partial charge in [-0.15, -0.1) is 0 Å². The molecule has 9 nitrogen and oxygen atoms in total. The molecule has 0 fully saturated rings. The van der Waals surface area contributed by atoms with Crippen LogP contribution in [-0.4, -0.2) is 37.5 Å². The molecule has 0 saturated heterocycles. The van der Waals surface area contributed by atoms with Gasteiger partial charge in [-0.05, 0) is 26.2 Å². The summed E-state index contributed by atoms with van der Waals surface area (Å²) in [6.07, 6.45) is 3.26. The lowest BCUT2D eigenvalue weighted by Gasteiger charge is -2.23. The van der Waals surface area contributed by atoms with Gasteiger partial charge in [-0.25, -0.2) is 14.5 Å². The van der Waals surface area contributed by atoms with Crippen LogP contribution in [0.4, 0.5) is 4.79 Å². The number of aromatic nitrogens is 5. The van der Waals surface area contributed by atoms with E-state index in [4.69, 9.17) is 4.52 Å². The predicted molar refractivity (Wildman–Crippen MR) is 90.0 cm³/mol. The Balaban J connectivity index is 1.41. The van der Waals surface area contributed by atoms with Gasteiger partial charge < -0.3 is 15.2 Å². The minimum absolute atomic E-state index is 0.0838. The highest BCUT2D eigenvalue weighted by atomic mass is 16.5. The number of carbonyl (C=O) groups is 1. The van der Waals surface area contributed by atoms with E-state index in [2.05, 4.69) is 30.9 Å². The van der Waals surface area contributed by atoms with Crippen molar-refractivity contribution in [2.45, 2.75) is 65.0 Å². The minimum atomic E-state index is -0.187. The van der Waals surface area contributed by atoms with Crippen LogP contribution in [0.3, 0.4) is 0 Å². The third kappa shape index (κ3) is 4.34. The van der Waals surface area contributed by atoms with Crippen molar-refractivity contribution in [2.75, 3.05) is 6.54 Å². The topological polar surface area (TPSA) is 111 Å². The highest BCUT2D eigenvalue weighted by Gasteiger charge is 2.24. The Morgan fingerprint density at radius 3 is 3.00 bits per heavy atom. The van der Waals surface area contributed by atoms with Crippen molar-refractivity contribution in [3.63, 3.8) is 0 Å². The summed E-state index contributed by atoms with van der Waals surface area (Å²) in [6.45, 7) is 7.31. The van der Waals surface area contributed by atoms with Crippen LogP contribution >= 0.6 is 0 Å². The van der Waals surface area contributed by atoms with Crippen LogP contribution in [-0.2, 0) is 13.0 Å². The molecule has 25 heavy (non-hydrogen) atoms. The molecule has 1 atom stereocenters. The van der Waals surface area contributed by atoms with Crippen molar-refractivity contribution < 1.29 is 9.32 Å². The van der Waals surface area contributed by atoms with Crippen molar-refractivity contribution in [2.24, 2.45) is 0 Å². The van der Waals surface area contributed by atoms with Crippen molar-refractivity contribution in [3.8, 4) is 0 Å². The van der Waals surface area contributed by atoms with Gasteiger partial charge in [-0.2, -0.15) is 10.1 Å². The van der Waals surface area contributed by atoms with Crippen LogP contribution in [0, 0.1) is 6.92 Å². The summed E-state index contributed by atoms with van der Waals surface area (Å²) in [5.41, 5.74) is 0. The molecule has 1 aliphatic heterocycles. The van der Waals surface area contributed by atoms with E-state index < -0.39 is 0 Å². The first-order valence-corrected chi connectivity index (χ1v) is 8.81. The summed E-state index contributed by atoms with van der Waals surface area (Å²) in [5.74, 6) is 3.16. The van der Waals surface area contributed by atoms with Gasteiger partial charge in [0.25, 0.3) is 0 Å². The molecule has 2 aromatic rings. The third-order valence-electron chi connectivity index (χ3n) is 4.14. The molecule has 3 rings (SSSR count). The number of hydrogen-bond donors (Lipinski definition) is 2. The molecular weight excluding hydrogens is 322 g/mol. The molecule has 0 radical (unpaired) electrons. The normalized spacial score (nSPS) is 16.7. The second-order valence-electron chi connectivity index (χ2n) is 6.64. The summed E-state index contributed by atoms with van der Waals surface area (Å²) in [7, 11) is 0. The monoisotopic (exact) mass is 347 g/mol. The standard InChI is InChI=1S/C16H25N7O2/c1-10(2)14-20-13(25-22-14)7-4-8-17-16(24)19-12-6-5-9-23-15(12)18-11(3)21-23/h10,12H,4-9H2,1-3H3,(H2,17,19,24). The highest BCUT2D eigenvalue weighted by Crippen LogP contribution is 2.22. The lowest BCUT2D eigenvalue weighted by atomic mass is 10.1. The Kier molecular flexibility index (Phi) is 5.30. The number of carbonyl (C=O) groups excluding carboxylic acids is 1. The van der Waals surface area contributed by atoms with Gasteiger partial charge in [0.1, 0.15) is 11.6 Å². The Morgan fingerprint density at radius 2 is 2.24 bits per heavy atom. The lowest BCUT2D eigenvalue weighted by molar-refractivity contribution is 0.232. The fraction of sp³-hybridized carbons (Fsp3) is 0.688. The van der Waals surface area contributed by atoms with Gasteiger partial charge in [0, 0.05) is 25.4 Å². The SMILES string of the molecule is Cc1nc2n(n1)CCCC2NC(=O)NCCCc1nc(C(C)C)no1. The molecule has 2 aromatic heterocycles. The van der Waals surface area contributed by atoms with Crippen LogP contribution in [0.15, 0.2) is 4.52 Å². The van der Waals surface area contributed by atoms with Gasteiger partial charge in [-0.3, -0.25) is 0 Å². The maximum Gasteiger partial charge on any atom is 0.315 e. The molecule has 1 unspecified atom stereocenters. The summed E-state index contributed by atoms with van der Waals surface area (Å²) in [5, 5.41) is 14.1. The summed E-state index contributed by atoms with van der Waals surface area (Å²) in [4.78, 5) is 20.8. The lowest BCUT2D eigenvalue weighted by Crippen LogP contribution is -2.40.